The average Bonchev–Trinajstić information content (AvgIpc) is 2.78. The summed E-state index contributed by atoms with van der Waals surface area (Å²) in [6.07, 6.45) is 0.360. The Labute approximate surface area is 180 Å². The van der Waals surface area contributed by atoms with Crippen molar-refractivity contribution in [2.24, 2.45) is 5.10 Å². The zero-order valence-corrected chi connectivity index (χ0v) is 17.7. The van der Waals surface area contributed by atoms with E-state index in [1.54, 1.807) is 31.4 Å². The smallest absolute Gasteiger partial charge is 0.285 e. The zero-order chi connectivity index (χ0) is 22.4. The van der Waals surface area contributed by atoms with Crippen LogP contribution in [0.4, 0.5) is 11.4 Å². The molecule has 0 unspecified atom stereocenters. The molecule has 1 heterocycles. The minimum Gasteiger partial charge on any atom is -0.497 e. The molecule has 31 heavy (non-hydrogen) atoms. The molecule has 0 radical (unpaired) electrons. The predicted octanol–water partition coefficient (Wildman–Crippen LogP) is 2.05. The molecule has 0 atom stereocenters. The lowest BCUT2D eigenvalue weighted by Gasteiger charge is -2.24. The van der Waals surface area contributed by atoms with Gasteiger partial charge in [-0.3, -0.25) is 25.2 Å². The largest absolute Gasteiger partial charge is 0.497 e. The number of hydrogen-bond donors (Lipinski definition) is 3. The van der Waals surface area contributed by atoms with Gasteiger partial charge in [0.1, 0.15) is 11.5 Å². The molecule has 9 nitrogen and oxygen atoms in total. The Morgan fingerprint density at radius 3 is 2.52 bits per heavy atom. The average molecular weight is 423 g/mol. The summed E-state index contributed by atoms with van der Waals surface area (Å²) in [6.45, 7) is 3.76. The first-order chi connectivity index (χ1) is 14.9. The summed E-state index contributed by atoms with van der Waals surface area (Å²) in [5.41, 5.74) is 8.11. The molecule has 0 aromatic heterocycles. The highest BCUT2D eigenvalue weighted by Crippen LogP contribution is 2.25. The lowest BCUT2D eigenvalue weighted by atomic mass is 10.1. The summed E-state index contributed by atoms with van der Waals surface area (Å²) in [5.74, 6) is -0.453. The highest BCUT2D eigenvalue weighted by atomic mass is 16.5. The molecule has 2 aromatic carbocycles. The molecule has 3 amide bonds. The normalized spacial score (nSPS) is 13.3. The van der Waals surface area contributed by atoms with E-state index in [0.29, 0.717) is 11.4 Å². The topological polar surface area (TPSA) is 112 Å². The summed E-state index contributed by atoms with van der Waals surface area (Å²) in [5, 5.41) is 8.43. The van der Waals surface area contributed by atoms with Crippen LogP contribution in [0.25, 0.3) is 0 Å². The van der Waals surface area contributed by atoms with Crippen molar-refractivity contribution in [2.75, 3.05) is 24.0 Å². The van der Waals surface area contributed by atoms with Gasteiger partial charge < -0.3 is 10.1 Å². The van der Waals surface area contributed by atoms with E-state index in [1.807, 2.05) is 32.0 Å². The molecule has 0 aliphatic carbocycles. The van der Waals surface area contributed by atoms with Gasteiger partial charge in [0.05, 0.1) is 19.3 Å². The third kappa shape index (κ3) is 5.59. The SMILES string of the molecule is COc1ccc(NCC(=O)NNC(=O)C2=NN(c3cc(C)ccc3C)C(=O)CC2)cc1. The maximum atomic E-state index is 12.5. The second-order valence-electron chi connectivity index (χ2n) is 7.13. The second kappa shape index (κ2) is 9.75. The fraction of sp³-hybridized carbons (Fsp3) is 0.273. The zero-order valence-electron chi connectivity index (χ0n) is 17.7. The molecule has 0 bridgehead atoms. The Hall–Kier alpha value is -3.88. The number of rotatable bonds is 6. The van der Waals surface area contributed by atoms with Gasteiger partial charge >= 0.3 is 0 Å². The van der Waals surface area contributed by atoms with Crippen molar-refractivity contribution in [1.29, 1.82) is 0 Å². The summed E-state index contributed by atoms with van der Waals surface area (Å²) in [4.78, 5) is 36.8. The Morgan fingerprint density at radius 2 is 1.81 bits per heavy atom. The molecule has 0 saturated heterocycles. The van der Waals surface area contributed by atoms with Crippen LogP contribution >= 0.6 is 0 Å². The number of ether oxygens (including phenoxy) is 1. The lowest BCUT2D eigenvalue weighted by Crippen LogP contribution is -2.48. The first-order valence-corrected chi connectivity index (χ1v) is 9.82. The Balaban J connectivity index is 1.57. The molecular formula is C22H25N5O4. The standard InChI is InChI=1S/C22H25N5O4/c1-14-4-5-15(2)19(12-14)27-21(29)11-10-18(26-27)22(30)25-24-20(28)13-23-16-6-8-17(31-3)9-7-16/h4-9,12,23H,10-11,13H2,1-3H3,(H,24,28)(H,25,30). The first-order valence-electron chi connectivity index (χ1n) is 9.82. The van der Waals surface area contributed by atoms with E-state index in [4.69, 9.17) is 4.74 Å². The molecule has 3 N–H and O–H groups in total. The third-order valence-corrected chi connectivity index (χ3v) is 4.75. The number of hydrazine groups is 1. The van der Waals surface area contributed by atoms with Crippen LogP contribution in [-0.2, 0) is 14.4 Å². The van der Waals surface area contributed by atoms with Crippen molar-refractivity contribution in [2.45, 2.75) is 26.7 Å². The van der Waals surface area contributed by atoms with E-state index < -0.39 is 11.8 Å². The number of aryl methyl sites for hydroxylation is 2. The van der Waals surface area contributed by atoms with Crippen molar-refractivity contribution in [1.82, 2.24) is 10.9 Å². The molecule has 1 aliphatic heterocycles. The predicted molar refractivity (Wildman–Crippen MR) is 118 cm³/mol. The van der Waals surface area contributed by atoms with Gasteiger partial charge in [-0.15, -0.1) is 0 Å². The lowest BCUT2D eigenvalue weighted by molar-refractivity contribution is -0.125. The van der Waals surface area contributed by atoms with E-state index in [9.17, 15) is 14.4 Å². The van der Waals surface area contributed by atoms with Gasteiger partial charge in [-0.1, -0.05) is 12.1 Å². The minimum absolute atomic E-state index is 0.0355. The third-order valence-electron chi connectivity index (χ3n) is 4.75. The van der Waals surface area contributed by atoms with Crippen LogP contribution in [0.3, 0.4) is 0 Å². The van der Waals surface area contributed by atoms with Crippen molar-refractivity contribution in [3.05, 3.63) is 53.6 Å². The number of hydrazone groups is 1. The molecular weight excluding hydrogens is 398 g/mol. The monoisotopic (exact) mass is 423 g/mol. The number of hydrogen-bond acceptors (Lipinski definition) is 6. The molecule has 9 heteroatoms. The number of carbonyl (C=O) groups is 3. The molecule has 1 aliphatic rings. The van der Waals surface area contributed by atoms with Crippen LogP contribution in [0, 0.1) is 13.8 Å². The quantitative estimate of drug-likeness (QED) is 0.616. The van der Waals surface area contributed by atoms with E-state index in [2.05, 4.69) is 21.3 Å². The van der Waals surface area contributed by atoms with Gasteiger partial charge in [-0.25, -0.2) is 5.01 Å². The van der Waals surface area contributed by atoms with Gasteiger partial charge in [0.25, 0.3) is 11.8 Å². The summed E-state index contributed by atoms with van der Waals surface area (Å²) >= 11 is 0. The summed E-state index contributed by atoms with van der Waals surface area (Å²) in [6, 6.07) is 12.8. The van der Waals surface area contributed by atoms with Gasteiger partial charge in [0, 0.05) is 18.5 Å². The summed E-state index contributed by atoms with van der Waals surface area (Å²) < 4.78 is 5.08. The van der Waals surface area contributed by atoms with Crippen LogP contribution < -0.4 is 25.9 Å². The van der Waals surface area contributed by atoms with Crippen LogP contribution in [0.15, 0.2) is 47.6 Å². The number of anilines is 2. The van der Waals surface area contributed by atoms with Crippen molar-refractivity contribution in [3.8, 4) is 5.75 Å². The number of nitrogens with zero attached hydrogens (tertiary/aromatic N) is 2. The highest BCUT2D eigenvalue weighted by molar-refractivity contribution is 6.40. The highest BCUT2D eigenvalue weighted by Gasteiger charge is 2.26. The maximum Gasteiger partial charge on any atom is 0.285 e. The molecule has 162 valence electrons. The van der Waals surface area contributed by atoms with Crippen molar-refractivity contribution >= 4 is 34.8 Å². The van der Waals surface area contributed by atoms with Crippen LogP contribution in [-0.4, -0.2) is 37.1 Å². The Kier molecular flexibility index (Phi) is 6.86. The Morgan fingerprint density at radius 1 is 1.06 bits per heavy atom. The minimum atomic E-state index is -0.555. The van der Waals surface area contributed by atoms with Gasteiger partial charge in [0.15, 0.2) is 0 Å². The first kappa shape index (κ1) is 21.8. The number of amides is 3. The molecule has 2 aromatic rings. The van der Waals surface area contributed by atoms with E-state index in [1.165, 1.54) is 5.01 Å². The fourth-order valence-electron chi connectivity index (χ4n) is 2.99. The molecule has 3 rings (SSSR count). The molecule has 0 fully saturated rings. The van der Waals surface area contributed by atoms with Crippen LogP contribution in [0.1, 0.15) is 24.0 Å². The second-order valence-corrected chi connectivity index (χ2v) is 7.13. The number of methoxy groups -OCH3 is 1. The van der Waals surface area contributed by atoms with E-state index in [-0.39, 0.29) is 31.0 Å². The van der Waals surface area contributed by atoms with Gasteiger partial charge in [0.2, 0.25) is 5.91 Å². The number of nitrogens with one attached hydrogen (secondary N) is 3. The maximum absolute atomic E-state index is 12.5. The fourth-order valence-corrected chi connectivity index (χ4v) is 2.99. The van der Waals surface area contributed by atoms with E-state index >= 15 is 0 Å². The van der Waals surface area contributed by atoms with Gasteiger partial charge in [-0.05, 0) is 55.3 Å². The van der Waals surface area contributed by atoms with E-state index in [0.717, 1.165) is 16.8 Å². The number of carbonyl (C=O) groups excluding carboxylic acids is 3. The Bertz CT molecular complexity index is 1020. The van der Waals surface area contributed by atoms with Crippen LogP contribution in [0.5, 0.6) is 5.75 Å². The van der Waals surface area contributed by atoms with Crippen molar-refractivity contribution in [3.63, 3.8) is 0 Å². The van der Waals surface area contributed by atoms with Crippen molar-refractivity contribution < 1.29 is 19.1 Å². The van der Waals surface area contributed by atoms with Crippen LogP contribution in [0.2, 0.25) is 0 Å². The number of benzene rings is 2. The van der Waals surface area contributed by atoms with Gasteiger partial charge in [-0.2, -0.15) is 5.10 Å². The molecule has 0 spiro atoms. The molecule has 0 saturated carbocycles. The summed E-state index contributed by atoms with van der Waals surface area (Å²) in [7, 11) is 1.58.